The molecule has 1 aliphatic rings. The van der Waals surface area contributed by atoms with Crippen LogP contribution in [0.25, 0.3) is 0 Å². The molecule has 1 saturated heterocycles. The van der Waals surface area contributed by atoms with Gasteiger partial charge in [-0.05, 0) is 53.3 Å². The van der Waals surface area contributed by atoms with Gasteiger partial charge >= 0.3 is 6.18 Å². The summed E-state index contributed by atoms with van der Waals surface area (Å²) in [7, 11) is 0. The third-order valence-electron chi connectivity index (χ3n) is 8.66. The van der Waals surface area contributed by atoms with Gasteiger partial charge < -0.3 is 14.7 Å². The van der Waals surface area contributed by atoms with Crippen molar-refractivity contribution in [1.29, 1.82) is 0 Å². The van der Waals surface area contributed by atoms with E-state index >= 15 is 0 Å². The number of aromatic nitrogens is 2. The first-order valence-electron chi connectivity index (χ1n) is 15.8. The van der Waals surface area contributed by atoms with E-state index in [1.165, 1.54) is 52.2 Å². The fraction of sp³-hybridized carbons (Fsp3) is 0.237. The van der Waals surface area contributed by atoms with Crippen LogP contribution in [0.5, 0.6) is 5.75 Å². The van der Waals surface area contributed by atoms with Crippen molar-refractivity contribution in [2.75, 3.05) is 6.54 Å². The van der Waals surface area contributed by atoms with Crippen molar-refractivity contribution in [3.05, 3.63) is 165 Å². The molecule has 1 aliphatic heterocycles. The first kappa shape index (κ1) is 33.6. The quantitative estimate of drug-likeness (QED) is 0.165. The van der Waals surface area contributed by atoms with Crippen LogP contribution in [0, 0.1) is 5.82 Å². The average molecular weight is 672 g/mol. The number of carbonyl (C=O) groups is 1. The zero-order valence-electron chi connectivity index (χ0n) is 26.3. The lowest BCUT2D eigenvalue weighted by atomic mass is 9.82. The van der Waals surface area contributed by atoms with Gasteiger partial charge in [0.2, 0.25) is 0 Å². The number of carbonyl (C=O) groups excluding carboxylic acids is 1. The van der Waals surface area contributed by atoms with Gasteiger partial charge in [0, 0.05) is 12.5 Å². The fourth-order valence-corrected chi connectivity index (χ4v) is 6.27. The molecular formula is C38H33F4N3O4. The van der Waals surface area contributed by atoms with Crippen molar-refractivity contribution in [2.24, 2.45) is 0 Å². The monoisotopic (exact) mass is 671 g/mol. The number of likely N-dealkylation sites (tertiary alicyclic amines) is 1. The van der Waals surface area contributed by atoms with Gasteiger partial charge in [0.25, 0.3) is 11.3 Å². The van der Waals surface area contributed by atoms with E-state index in [1.54, 1.807) is 0 Å². The molecule has 1 amide bonds. The molecule has 5 aromatic rings. The van der Waals surface area contributed by atoms with Crippen molar-refractivity contribution >= 4 is 5.91 Å². The van der Waals surface area contributed by atoms with E-state index in [9.17, 15) is 32.3 Å². The van der Waals surface area contributed by atoms with Gasteiger partial charge in [-0.2, -0.15) is 18.3 Å². The van der Waals surface area contributed by atoms with Gasteiger partial charge in [-0.3, -0.25) is 14.3 Å². The number of aliphatic hydroxyl groups excluding tert-OH is 1. The Morgan fingerprint density at radius 1 is 0.898 bits per heavy atom. The molecule has 1 N–H and O–H groups in total. The molecule has 2 heterocycles. The van der Waals surface area contributed by atoms with Crippen LogP contribution < -0.4 is 10.2 Å². The SMILES string of the molecule is O=C(c1nn(Cc2ccccc2)cc(OCc2ccccc2)c1=O)N1CCCC1[C@H](O)[C@H](c1ccc(F)cc1)c1cccc(C(F)(F)F)c1. The normalized spacial score (nSPS) is 15.9. The summed E-state index contributed by atoms with van der Waals surface area (Å²) in [5.41, 5.74) is 0.157. The number of hydrogen-bond donors (Lipinski definition) is 1. The average Bonchev–Trinajstić information content (AvgIpc) is 3.60. The van der Waals surface area contributed by atoms with E-state index in [1.807, 2.05) is 60.7 Å². The standard InChI is InChI=1S/C38H33F4N3O4/c39-30-18-16-27(17-19-30)33(28-13-7-14-29(21-28)38(40,41)42)35(46)31-15-8-20-45(31)37(48)34-36(47)32(49-24-26-11-5-2-6-12-26)23-44(43-34)22-25-9-3-1-4-10-25/h1-7,9-14,16-19,21,23,31,33,35,46H,8,15,20,22,24H2/t31?,33-,35+/m1/s1. The van der Waals surface area contributed by atoms with E-state index in [0.29, 0.717) is 18.4 Å². The summed E-state index contributed by atoms with van der Waals surface area (Å²) in [6, 6.07) is 27.4. The Labute approximate surface area is 280 Å². The summed E-state index contributed by atoms with van der Waals surface area (Å²) in [6.07, 6.45) is -3.82. The third-order valence-corrected chi connectivity index (χ3v) is 8.66. The summed E-state index contributed by atoms with van der Waals surface area (Å²) in [5, 5.41) is 16.3. The lowest BCUT2D eigenvalue weighted by molar-refractivity contribution is -0.137. The van der Waals surface area contributed by atoms with E-state index < -0.39 is 52.7 Å². The zero-order chi connectivity index (χ0) is 34.5. The van der Waals surface area contributed by atoms with E-state index in [0.717, 1.165) is 23.3 Å². The van der Waals surface area contributed by atoms with Gasteiger partial charge in [0.1, 0.15) is 12.4 Å². The Kier molecular flexibility index (Phi) is 9.91. The van der Waals surface area contributed by atoms with Gasteiger partial charge in [-0.15, -0.1) is 0 Å². The van der Waals surface area contributed by atoms with Gasteiger partial charge in [0.05, 0.1) is 30.5 Å². The number of halogens is 4. The van der Waals surface area contributed by atoms with Gasteiger partial charge in [-0.25, -0.2) is 4.39 Å². The second-order valence-electron chi connectivity index (χ2n) is 12.0. The second kappa shape index (κ2) is 14.4. The fourth-order valence-electron chi connectivity index (χ4n) is 6.27. The molecule has 49 heavy (non-hydrogen) atoms. The summed E-state index contributed by atoms with van der Waals surface area (Å²) in [5.74, 6) is -2.42. The first-order valence-corrected chi connectivity index (χ1v) is 15.8. The molecule has 1 unspecified atom stereocenters. The minimum Gasteiger partial charge on any atom is -0.483 e. The number of hydrogen-bond acceptors (Lipinski definition) is 5. The van der Waals surface area contributed by atoms with E-state index in [2.05, 4.69) is 5.10 Å². The summed E-state index contributed by atoms with van der Waals surface area (Å²) in [4.78, 5) is 29.3. The predicted octanol–water partition coefficient (Wildman–Crippen LogP) is 6.83. The molecule has 3 atom stereocenters. The molecule has 7 nitrogen and oxygen atoms in total. The van der Waals surface area contributed by atoms with Crippen molar-refractivity contribution in [1.82, 2.24) is 14.7 Å². The molecule has 0 aliphatic carbocycles. The van der Waals surface area contributed by atoms with Crippen molar-refractivity contribution < 1.29 is 32.2 Å². The maximum absolute atomic E-state index is 14.2. The lowest BCUT2D eigenvalue weighted by Gasteiger charge is -2.34. The lowest BCUT2D eigenvalue weighted by Crippen LogP contribution is -2.47. The minimum atomic E-state index is -4.64. The van der Waals surface area contributed by atoms with Crippen LogP contribution in [-0.2, 0) is 19.3 Å². The Morgan fingerprint density at radius 3 is 2.24 bits per heavy atom. The molecule has 0 bridgehead atoms. The zero-order valence-corrected chi connectivity index (χ0v) is 26.3. The Balaban J connectivity index is 1.36. The van der Waals surface area contributed by atoms with Crippen LogP contribution in [0.15, 0.2) is 120 Å². The Bertz CT molecular complexity index is 1950. The Hall–Kier alpha value is -5.29. The molecule has 1 fully saturated rings. The maximum Gasteiger partial charge on any atom is 0.416 e. The largest absolute Gasteiger partial charge is 0.483 e. The topological polar surface area (TPSA) is 84.7 Å². The minimum absolute atomic E-state index is 0.0699. The molecule has 6 rings (SSSR count). The van der Waals surface area contributed by atoms with E-state index in [4.69, 9.17) is 4.74 Å². The number of nitrogens with zero attached hydrogens (tertiary/aromatic N) is 3. The van der Waals surface area contributed by atoms with E-state index in [-0.39, 0.29) is 31.0 Å². The summed E-state index contributed by atoms with van der Waals surface area (Å²) >= 11 is 0. The number of benzene rings is 4. The molecule has 11 heteroatoms. The van der Waals surface area contributed by atoms with Gasteiger partial charge in [0.15, 0.2) is 11.4 Å². The smallest absolute Gasteiger partial charge is 0.416 e. The van der Waals surface area contributed by atoms with Crippen LogP contribution in [0.4, 0.5) is 17.6 Å². The van der Waals surface area contributed by atoms with Crippen LogP contribution in [0.3, 0.4) is 0 Å². The van der Waals surface area contributed by atoms with Crippen molar-refractivity contribution in [3.8, 4) is 5.75 Å². The first-order chi connectivity index (χ1) is 23.6. The van der Waals surface area contributed by atoms with Crippen LogP contribution in [0.2, 0.25) is 0 Å². The summed E-state index contributed by atoms with van der Waals surface area (Å²) in [6.45, 7) is 0.478. The maximum atomic E-state index is 14.2. The van der Waals surface area contributed by atoms with Crippen LogP contribution in [0.1, 0.15) is 57.1 Å². The van der Waals surface area contributed by atoms with Gasteiger partial charge in [-0.1, -0.05) is 91.0 Å². The molecule has 0 spiro atoms. The van der Waals surface area contributed by atoms with Crippen LogP contribution in [-0.4, -0.2) is 44.4 Å². The molecule has 4 aromatic carbocycles. The molecule has 0 radical (unpaired) electrons. The highest BCUT2D eigenvalue weighted by molar-refractivity contribution is 5.93. The predicted molar refractivity (Wildman–Crippen MR) is 175 cm³/mol. The number of amides is 1. The highest BCUT2D eigenvalue weighted by Gasteiger charge is 2.41. The highest BCUT2D eigenvalue weighted by atomic mass is 19.4. The van der Waals surface area contributed by atoms with Crippen molar-refractivity contribution in [3.63, 3.8) is 0 Å². The Morgan fingerprint density at radius 2 is 1.57 bits per heavy atom. The molecule has 252 valence electrons. The molecule has 1 aromatic heterocycles. The van der Waals surface area contributed by atoms with Crippen LogP contribution >= 0.6 is 0 Å². The molecule has 0 saturated carbocycles. The third kappa shape index (κ3) is 7.73. The summed E-state index contributed by atoms with van der Waals surface area (Å²) < 4.78 is 62.4. The van der Waals surface area contributed by atoms with Crippen molar-refractivity contribution in [2.45, 2.75) is 50.2 Å². The molecular weight excluding hydrogens is 638 g/mol. The number of ether oxygens (including phenoxy) is 1. The number of aliphatic hydroxyl groups is 1. The second-order valence-corrected chi connectivity index (χ2v) is 12.0. The highest BCUT2D eigenvalue weighted by Crippen LogP contribution is 2.38. The number of alkyl halides is 3. The number of rotatable bonds is 10.